The first-order valence-corrected chi connectivity index (χ1v) is 11.9. The van der Waals surface area contributed by atoms with Crippen molar-refractivity contribution in [2.24, 2.45) is 0 Å². The largest absolute Gasteiger partial charge is 0.282 e. The fraction of sp³-hybridized carbons (Fsp3) is 0.300. The number of rotatable bonds is 5. The van der Waals surface area contributed by atoms with Gasteiger partial charge in [-0.2, -0.15) is 4.31 Å². The van der Waals surface area contributed by atoms with E-state index in [0.717, 1.165) is 11.8 Å². The number of halogens is 1. The fourth-order valence-corrected chi connectivity index (χ4v) is 5.69. The maximum Gasteiger partial charge on any atom is 0.247 e. The van der Waals surface area contributed by atoms with Crippen LogP contribution in [0, 0.1) is 5.82 Å². The van der Waals surface area contributed by atoms with Crippen molar-refractivity contribution < 1.29 is 17.6 Å². The molecular formula is C20H20FN3O3S2. The zero-order chi connectivity index (χ0) is 20.6. The Morgan fingerprint density at radius 1 is 1.24 bits per heavy atom. The third-order valence-electron chi connectivity index (χ3n) is 4.95. The normalized spacial score (nSPS) is 17.7. The van der Waals surface area contributed by atoms with Crippen LogP contribution in [0.2, 0.25) is 0 Å². The van der Waals surface area contributed by atoms with Crippen LogP contribution in [0.5, 0.6) is 0 Å². The molecule has 9 heteroatoms. The third kappa shape index (κ3) is 4.03. The molecule has 6 nitrogen and oxygen atoms in total. The van der Waals surface area contributed by atoms with Crippen molar-refractivity contribution >= 4 is 42.6 Å². The number of para-hydroxylation sites is 1. The summed E-state index contributed by atoms with van der Waals surface area (Å²) in [7, 11) is -3.51. The Bertz CT molecular complexity index is 1150. The number of amides is 1. The van der Waals surface area contributed by atoms with Crippen molar-refractivity contribution in [3.05, 3.63) is 59.9 Å². The molecule has 4 rings (SSSR count). The van der Waals surface area contributed by atoms with E-state index in [1.807, 2.05) is 30.3 Å². The van der Waals surface area contributed by atoms with E-state index < -0.39 is 21.9 Å². The number of aromatic nitrogens is 1. The van der Waals surface area contributed by atoms with Gasteiger partial charge in [-0.15, -0.1) is 0 Å². The number of sulfonamides is 1. The van der Waals surface area contributed by atoms with Crippen LogP contribution in [-0.4, -0.2) is 42.5 Å². The quantitative estimate of drug-likeness (QED) is 0.618. The van der Waals surface area contributed by atoms with Gasteiger partial charge in [0.2, 0.25) is 15.9 Å². The van der Waals surface area contributed by atoms with Gasteiger partial charge in [0.15, 0.2) is 5.13 Å². The monoisotopic (exact) mass is 433 g/mol. The second-order valence-electron chi connectivity index (χ2n) is 7.02. The molecule has 0 radical (unpaired) electrons. The minimum atomic E-state index is -3.51. The van der Waals surface area contributed by atoms with Crippen molar-refractivity contribution in [3.8, 4) is 0 Å². The number of hydrogen-bond donors (Lipinski definition) is 0. The first kappa shape index (κ1) is 19.9. The first-order valence-electron chi connectivity index (χ1n) is 9.22. The van der Waals surface area contributed by atoms with Crippen LogP contribution in [0.4, 0.5) is 9.52 Å². The Balaban J connectivity index is 1.75. The molecule has 1 saturated heterocycles. The zero-order valence-electron chi connectivity index (χ0n) is 15.8. The van der Waals surface area contributed by atoms with Gasteiger partial charge in [0.1, 0.15) is 17.4 Å². The summed E-state index contributed by atoms with van der Waals surface area (Å²) in [5.74, 6) is -0.785. The van der Waals surface area contributed by atoms with Crippen molar-refractivity contribution in [2.45, 2.75) is 25.4 Å². The molecule has 29 heavy (non-hydrogen) atoms. The molecule has 2 heterocycles. The number of thiazole rings is 1. The SMILES string of the molecule is CS(=O)(=O)N1CCCC1C(=O)N(Cc1ccccc1)c1nc2c(F)cccc2s1. The number of anilines is 1. The highest BCUT2D eigenvalue weighted by molar-refractivity contribution is 7.88. The van der Waals surface area contributed by atoms with E-state index in [4.69, 9.17) is 0 Å². The average Bonchev–Trinajstić information content (AvgIpc) is 3.34. The summed E-state index contributed by atoms with van der Waals surface area (Å²) in [4.78, 5) is 19.3. The molecule has 1 amide bonds. The Morgan fingerprint density at radius 3 is 2.69 bits per heavy atom. The number of carbonyl (C=O) groups is 1. The summed E-state index contributed by atoms with van der Waals surface area (Å²) in [5.41, 5.74) is 1.09. The zero-order valence-corrected chi connectivity index (χ0v) is 17.4. The van der Waals surface area contributed by atoms with Crippen LogP contribution in [0.3, 0.4) is 0 Å². The maximum atomic E-state index is 14.2. The smallest absolute Gasteiger partial charge is 0.247 e. The van der Waals surface area contributed by atoms with Gasteiger partial charge in [-0.05, 0) is 30.5 Å². The Hall–Kier alpha value is -2.36. The Kier molecular flexibility index (Phi) is 5.37. The van der Waals surface area contributed by atoms with Gasteiger partial charge in [0, 0.05) is 6.54 Å². The summed E-state index contributed by atoms with van der Waals surface area (Å²) in [5, 5.41) is 0.360. The van der Waals surface area contributed by atoms with Gasteiger partial charge in [0.25, 0.3) is 0 Å². The van der Waals surface area contributed by atoms with Gasteiger partial charge >= 0.3 is 0 Å². The van der Waals surface area contributed by atoms with Gasteiger partial charge in [0.05, 0.1) is 17.5 Å². The van der Waals surface area contributed by atoms with E-state index in [2.05, 4.69) is 4.98 Å². The van der Waals surface area contributed by atoms with E-state index in [9.17, 15) is 17.6 Å². The topological polar surface area (TPSA) is 70.6 Å². The lowest BCUT2D eigenvalue weighted by Crippen LogP contribution is -2.47. The lowest BCUT2D eigenvalue weighted by Gasteiger charge is -2.27. The second kappa shape index (κ2) is 7.81. The average molecular weight is 434 g/mol. The van der Waals surface area contributed by atoms with Crippen LogP contribution in [0.25, 0.3) is 10.2 Å². The first-order chi connectivity index (χ1) is 13.8. The predicted molar refractivity (Wildman–Crippen MR) is 112 cm³/mol. The van der Waals surface area contributed by atoms with Crippen molar-refractivity contribution in [2.75, 3.05) is 17.7 Å². The molecule has 0 N–H and O–H groups in total. The summed E-state index contributed by atoms with van der Waals surface area (Å²) in [6, 6.07) is 13.3. The van der Waals surface area contributed by atoms with Crippen LogP contribution < -0.4 is 4.90 Å². The van der Waals surface area contributed by atoms with E-state index in [-0.39, 0.29) is 18.0 Å². The molecule has 1 aliphatic rings. The molecule has 1 unspecified atom stereocenters. The minimum Gasteiger partial charge on any atom is -0.282 e. The Labute approximate surface area is 172 Å². The standard InChI is InChI=1S/C20H20FN3O3S2/c1-29(26,27)24-12-6-10-16(24)19(25)23(13-14-7-3-2-4-8-14)20-22-18-15(21)9-5-11-17(18)28-20/h2-5,7-9,11,16H,6,10,12-13H2,1H3. The van der Waals surface area contributed by atoms with E-state index in [0.29, 0.717) is 29.2 Å². The summed E-state index contributed by atoms with van der Waals surface area (Å²) in [6.45, 7) is 0.554. The van der Waals surface area contributed by atoms with Gasteiger partial charge in [-0.1, -0.05) is 47.7 Å². The highest BCUT2D eigenvalue weighted by Gasteiger charge is 2.39. The molecule has 0 saturated carbocycles. The summed E-state index contributed by atoms with van der Waals surface area (Å²) < 4.78 is 40.3. The van der Waals surface area contributed by atoms with E-state index in [1.165, 1.54) is 26.6 Å². The second-order valence-corrected chi connectivity index (χ2v) is 9.97. The maximum absolute atomic E-state index is 14.2. The highest BCUT2D eigenvalue weighted by atomic mass is 32.2. The Morgan fingerprint density at radius 2 is 2.00 bits per heavy atom. The van der Waals surface area contributed by atoms with E-state index in [1.54, 1.807) is 12.1 Å². The molecule has 1 fully saturated rings. The van der Waals surface area contributed by atoms with Gasteiger partial charge in [-0.3, -0.25) is 9.69 Å². The minimum absolute atomic E-state index is 0.213. The predicted octanol–water partition coefficient (Wildman–Crippen LogP) is 3.39. The fourth-order valence-electron chi connectivity index (χ4n) is 3.59. The highest BCUT2D eigenvalue weighted by Crippen LogP contribution is 2.33. The molecule has 1 aromatic heterocycles. The summed E-state index contributed by atoms with van der Waals surface area (Å²) >= 11 is 1.22. The molecule has 3 aromatic rings. The number of carbonyl (C=O) groups excluding carboxylic acids is 1. The van der Waals surface area contributed by atoms with Gasteiger partial charge in [-0.25, -0.2) is 17.8 Å². The van der Waals surface area contributed by atoms with Crippen LogP contribution >= 0.6 is 11.3 Å². The molecular weight excluding hydrogens is 413 g/mol. The molecule has 0 aliphatic carbocycles. The number of nitrogens with zero attached hydrogens (tertiary/aromatic N) is 3. The molecule has 152 valence electrons. The molecule has 1 atom stereocenters. The van der Waals surface area contributed by atoms with E-state index >= 15 is 0 Å². The molecule has 2 aromatic carbocycles. The summed E-state index contributed by atoms with van der Waals surface area (Å²) in [6.07, 6.45) is 2.20. The van der Waals surface area contributed by atoms with Crippen molar-refractivity contribution in [1.82, 2.24) is 9.29 Å². The van der Waals surface area contributed by atoms with Crippen LogP contribution in [-0.2, 0) is 21.4 Å². The molecule has 0 spiro atoms. The van der Waals surface area contributed by atoms with Crippen LogP contribution in [0.15, 0.2) is 48.5 Å². The van der Waals surface area contributed by atoms with Gasteiger partial charge < -0.3 is 0 Å². The third-order valence-corrected chi connectivity index (χ3v) is 7.29. The number of hydrogen-bond acceptors (Lipinski definition) is 5. The lowest BCUT2D eigenvalue weighted by molar-refractivity contribution is -0.121. The number of benzene rings is 2. The van der Waals surface area contributed by atoms with Crippen molar-refractivity contribution in [1.29, 1.82) is 0 Å². The molecule has 1 aliphatic heterocycles. The lowest BCUT2D eigenvalue weighted by atomic mass is 10.1. The number of fused-ring (bicyclic) bond motifs is 1. The van der Waals surface area contributed by atoms with Crippen molar-refractivity contribution in [3.63, 3.8) is 0 Å². The molecule has 0 bridgehead atoms. The van der Waals surface area contributed by atoms with Crippen LogP contribution in [0.1, 0.15) is 18.4 Å².